The zero-order valence-corrected chi connectivity index (χ0v) is 14.6. The summed E-state index contributed by atoms with van der Waals surface area (Å²) in [5.74, 6) is 0.0824. The van der Waals surface area contributed by atoms with E-state index >= 15 is 0 Å². The molecule has 1 atom stereocenters. The molecule has 1 aromatic carbocycles. The predicted octanol–water partition coefficient (Wildman–Crippen LogP) is 1.69. The number of likely N-dealkylation sites (N-methyl/N-ethyl adjacent to an activating group) is 1. The van der Waals surface area contributed by atoms with Gasteiger partial charge >= 0.3 is 0 Å². The van der Waals surface area contributed by atoms with Crippen LogP contribution in [-0.2, 0) is 16.1 Å². The van der Waals surface area contributed by atoms with Crippen molar-refractivity contribution in [1.82, 2.24) is 10.6 Å². The standard InChI is InChI=1S/C18H29N3O2/c1-4-18(23)20-12-14-21(5-2,13-11-19-16(3)22)15-17-9-7-6-8-10-17/h6-10H,4-5,11-15H2,1-3H3,(H-,19,20,22,23)/p+1. The lowest BCUT2D eigenvalue weighted by molar-refractivity contribution is -0.937. The second-order valence-electron chi connectivity index (χ2n) is 5.94. The van der Waals surface area contributed by atoms with Crippen LogP contribution in [0, 0.1) is 0 Å². The average molecular weight is 320 g/mol. The zero-order valence-electron chi connectivity index (χ0n) is 14.6. The van der Waals surface area contributed by atoms with E-state index in [1.165, 1.54) is 5.56 Å². The van der Waals surface area contributed by atoms with E-state index in [0.29, 0.717) is 19.5 Å². The second-order valence-corrected chi connectivity index (χ2v) is 5.94. The van der Waals surface area contributed by atoms with Gasteiger partial charge in [0.2, 0.25) is 11.8 Å². The van der Waals surface area contributed by atoms with E-state index in [9.17, 15) is 9.59 Å². The molecule has 2 amide bonds. The average Bonchev–Trinajstić information content (AvgIpc) is 2.55. The monoisotopic (exact) mass is 320 g/mol. The Labute approximate surface area is 139 Å². The first kappa shape index (κ1) is 19.2. The fourth-order valence-electron chi connectivity index (χ4n) is 2.70. The molecule has 0 heterocycles. The van der Waals surface area contributed by atoms with Gasteiger partial charge < -0.3 is 15.1 Å². The van der Waals surface area contributed by atoms with Crippen LogP contribution in [0.25, 0.3) is 0 Å². The summed E-state index contributed by atoms with van der Waals surface area (Å²) in [5.41, 5.74) is 1.28. The Morgan fingerprint density at radius 2 is 1.61 bits per heavy atom. The van der Waals surface area contributed by atoms with Crippen molar-refractivity contribution in [2.45, 2.75) is 33.7 Å². The third-order valence-electron chi connectivity index (χ3n) is 4.22. The Morgan fingerprint density at radius 1 is 1.00 bits per heavy atom. The maximum absolute atomic E-state index is 11.5. The number of hydrogen-bond donors (Lipinski definition) is 2. The molecule has 23 heavy (non-hydrogen) atoms. The van der Waals surface area contributed by atoms with E-state index in [1.807, 2.05) is 25.1 Å². The minimum Gasteiger partial charge on any atom is -0.351 e. The summed E-state index contributed by atoms with van der Waals surface area (Å²) >= 11 is 0. The van der Waals surface area contributed by atoms with Gasteiger partial charge in [-0.3, -0.25) is 9.59 Å². The summed E-state index contributed by atoms with van der Waals surface area (Å²) in [5, 5.41) is 5.85. The molecule has 1 rings (SSSR count). The van der Waals surface area contributed by atoms with Gasteiger partial charge in [0.15, 0.2) is 0 Å². The van der Waals surface area contributed by atoms with Crippen molar-refractivity contribution in [2.75, 3.05) is 32.7 Å². The summed E-state index contributed by atoms with van der Waals surface area (Å²) in [6.45, 7) is 10.4. The van der Waals surface area contributed by atoms with Crippen LogP contribution in [-0.4, -0.2) is 49.0 Å². The maximum Gasteiger partial charge on any atom is 0.219 e. The minimum atomic E-state index is -0.00167. The number of carbonyl (C=O) groups is 2. The van der Waals surface area contributed by atoms with Gasteiger partial charge in [-0.1, -0.05) is 37.3 Å². The van der Waals surface area contributed by atoms with Gasteiger partial charge in [-0.15, -0.1) is 0 Å². The lowest BCUT2D eigenvalue weighted by Crippen LogP contribution is -2.54. The molecule has 0 aliphatic heterocycles. The van der Waals surface area contributed by atoms with Crippen LogP contribution in [0.1, 0.15) is 32.8 Å². The predicted molar refractivity (Wildman–Crippen MR) is 92.7 cm³/mol. The van der Waals surface area contributed by atoms with Crippen molar-refractivity contribution in [3.05, 3.63) is 35.9 Å². The minimum absolute atomic E-state index is 0.00167. The molecule has 128 valence electrons. The number of nitrogens with zero attached hydrogens (tertiary/aromatic N) is 1. The first-order valence-corrected chi connectivity index (χ1v) is 8.41. The van der Waals surface area contributed by atoms with E-state index < -0.39 is 0 Å². The Kier molecular flexibility index (Phi) is 8.33. The van der Waals surface area contributed by atoms with Crippen LogP contribution in [0.5, 0.6) is 0 Å². The normalized spacial score (nSPS) is 13.2. The highest BCUT2D eigenvalue weighted by atomic mass is 16.2. The first-order valence-electron chi connectivity index (χ1n) is 8.41. The van der Waals surface area contributed by atoms with Gasteiger partial charge in [0.1, 0.15) is 6.54 Å². The van der Waals surface area contributed by atoms with Gasteiger partial charge in [0.05, 0.1) is 32.7 Å². The van der Waals surface area contributed by atoms with Crippen LogP contribution < -0.4 is 10.6 Å². The number of carbonyl (C=O) groups excluding carboxylic acids is 2. The first-order chi connectivity index (χ1) is 11.0. The highest BCUT2D eigenvalue weighted by molar-refractivity contribution is 5.75. The molecule has 1 aromatic rings. The van der Waals surface area contributed by atoms with Gasteiger partial charge in [0.25, 0.3) is 0 Å². The number of benzene rings is 1. The number of amides is 2. The summed E-state index contributed by atoms with van der Waals surface area (Å²) in [6.07, 6.45) is 0.511. The van der Waals surface area contributed by atoms with Crippen LogP contribution in [0.15, 0.2) is 30.3 Å². The number of rotatable bonds is 10. The van der Waals surface area contributed by atoms with Crippen LogP contribution in [0.2, 0.25) is 0 Å². The lowest BCUT2D eigenvalue weighted by atomic mass is 10.1. The van der Waals surface area contributed by atoms with Gasteiger partial charge in [-0.05, 0) is 6.92 Å². The quantitative estimate of drug-likeness (QED) is 0.645. The highest BCUT2D eigenvalue weighted by Gasteiger charge is 2.25. The maximum atomic E-state index is 11.5. The molecule has 0 bridgehead atoms. The molecule has 1 unspecified atom stereocenters. The highest BCUT2D eigenvalue weighted by Crippen LogP contribution is 2.14. The number of quaternary nitrogens is 1. The van der Waals surface area contributed by atoms with E-state index in [0.717, 1.165) is 30.7 Å². The molecule has 0 aromatic heterocycles. The molecule has 0 saturated heterocycles. The molecule has 5 nitrogen and oxygen atoms in total. The van der Waals surface area contributed by atoms with E-state index in [2.05, 4.69) is 29.7 Å². The largest absolute Gasteiger partial charge is 0.351 e. The van der Waals surface area contributed by atoms with E-state index in [-0.39, 0.29) is 11.8 Å². The Balaban J connectivity index is 2.73. The van der Waals surface area contributed by atoms with Gasteiger partial charge in [-0.2, -0.15) is 0 Å². The fraction of sp³-hybridized carbons (Fsp3) is 0.556. The van der Waals surface area contributed by atoms with Gasteiger partial charge in [-0.25, -0.2) is 0 Å². The van der Waals surface area contributed by atoms with E-state index in [1.54, 1.807) is 6.92 Å². The van der Waals surface area contributed by atoms with Crippen molar-refractivity contribution in [1.29, 1.82) is 0 Å². The smallest absolute Gasteiger partial charge is 0.219 e. The Morgan fingerprint density at radius 3 is 2.13 bits per heavy atom. The van der Waals surface area contributed by atoms with Crippen molar-refractivity contribution in [3.63, 3.8) is 0 Å². The summed E-state index contributed by atoms with van der Waals surface area (Å²) in [6, 6.07) is 10.4. The SMILES string of the molecule is CCC(=O)NCC[N+](CC)(CCNC(C)=O)Cc1ccccc1. The van der Waals surface area contributed by atoms with Crippen molar-refractivity contribution < 1.29 is 14.1 Å². The molecule has 2 N–H and O–H groups in total. The van der Waals surface area contributed by atoms with E-state index in [4.69, 9.17) is 0 Å². The van der Waals surface area contributed by atoms with Gasteiger partial charge in [0, 0.05) is 18.9 Å². The third-order valence-corrected chi connectivity index (χ3v) is 4.22. The molecule has 0 aliphatic rings. The molecule has 0 radical (unpaired) electrons. The van der Waals surface area contributed by atoms with Crippen LogP contribution in [0.4, 0.5) is 0 Å². The number of hydrogen-bond acceptors (Lipinski definition) is 2. The molecule has 5 heteroatoms. The van der Waals surface area contributed by atoms with Crippen molar-refractivity contribution >= 4 is 11.8 Å². The molecule has 0 saturated carbocycles. The molecular formula is C18H30N3O2+. The summed E-state index contributed by atoms with van der Waals surface area (Å²) in [4.78, 5) is 22.6. The Bertz CT molecular complexity index is 490. The molecule has 0 aliphatic carbocycles. The number of nitrogens with one attached hydrogen (secondary N) is 2. The zero-order chi connectivity index (χ0) is 17.1. The van der Waals surface area contributed by atoms with Crippen LogP contribution >= 0.6 is 0 Å². The fourth-order valence-corrected chi connectivity index (χ4v) is 2.70. The Hall–Kier alpha value is -1.88. The topological polar surface area (TPSA) is 58.2 Å². The van der Waals surface area contributed by atoms with Crippen molar-refractivity contribution in [2.24, 2.45) is 0 Å². The lowest BCUT2D eigenvalue weighted by Gasteiger charge is -2.38. The summed E-state index contributed by atoms with van der Waals surface area (Å²) < 4.78 is 0.842. The second kappa shape index (κ2) is 10.0. The molecular weight excluding hydrogens is 290 g/mol. The third kappa shape index (κ3) is 7.28. The molecule has 0 fully saturated rings. The summed E-state index contributed by atoms with van der Waals surface area (Å²) in [7, 11) is 0. The van der Waals surface area contributed by atoms with Crippen molar-refractivity contribution in [3.8, 4) is 0 Å². The van der Waals surface area contributed by atoms with Crippen LogP contribution in [0.3, 0.4) is 0 Å². The molecule has 0 spiro atoms.